The molecule has 18 heavy (non-hydrogen) atoms. The second-order valence-electron chi connectivity index (χ2n) is 3.98. The smallest absolute Gasteiger partial charge is 0.320 e. The maximum Gasteiger partial charge on any atom is 0.320 e. The van der Waals surface area contributed by atoms with Crippen molar-refractivity contribution in [2.75, 3.05) is 33.4 Å². The Bertz CT molecular complexity index is 278. The van der Waals surface area contributed by atoms with Crippen molar-refractivity contribution in [1.29, 1.82) is 0 Å². The fraction of sp³-hybridized carbons (Fsp3) is 0.692. The average molecular weight is 257 g/mol. The van der Waals surface area contributed by atoms with Crippen molar-refractivity contribution in [3.8, 4) is 0 Å². The van der Waals surface area contributed by atoms with Gasteiger partial charge in [-0.1, -0.05) is 6.08 Å². The second-order valence-corrected chi connectivity index (χ2v) is 3.98. The highest BCUT2D eigenvalue weighted by Gasteiger charge is 2.21. The van der Waals surface area contributed by atoms with Crippen LogP contribution in [0.5, 0.6) is 0 Å². The number of esters is 2. The van der Waals surface area contributed by atoms with Crippen LogP contribution in [-0.2, 0) is 19.1 Å². The minimum atomic E-state index is -0.291. The van der Waals surface area contributed by atoms with E-state index in [1.54, 1.807) is 31.9 Å². The van der Waals surface area contributed by atoms with Crippen LogP contribution in [0.4, 0.5) is 0 Å². The lowest BCUT2D eigenvalue weighted by Gasteiger charge is -2.21. The number of hydrogen-bond donors (Lipinski definition) is 0. The van der Waals surface area contributed by atoms with Gasteiger partial charge in [-0.25, -0.2) is 0 Å². The summed E-state index contributed by atoms with van der Waals surface area (Å²) in [6.07, 6.45) is 2.21. The van der Waals surface area contributed by atoms with E-state index in [0.29, 0.717) is 26.2 Å². The van der Waals surface area contributed by atoms with Gasteiger partial charge < -0.3 is 9.47 Å². The molecule has 0 fully saturated rings. The topological polar surface area (TPSA) is 55.8 Å². The van der Waals surface area contributed by atoms with Gasteiger partial charge in [-0.05, 0) is 27.3 Å². The monoisotopic (exact) mass is 257 g/mol. The SMILES string of the molecule is C=CC[C@H](CN(C)CC(=O)OCC)C(=O)OCC. The van der Waals surface area contributed by atoms with E-state index in [1.165, 1.54) is 0 Å². The van der Waals surface area contributed by atoms with Crippen molar-refractivity contribution >= 4 is 11.9 Å². The van der Waals surface area contributed by atoms with Crippen molar-refractivity contribution in [3.63, 3.8) is 0 Å². The molecule has 0 aliphatic heterocycles. The Morgan fingerprint density at radius 1 is 1.28 bits per heavy atom. The summed E-state index contributed by atoms with van der Waals surface area (Å²) in [6.45, 7) is 8.49. The van der Waals surface area contributed by atoms with E-state index in [-0.39, 0.29) is 24.4 Å². The van der Waals surface area contributed by atoms with Crippen LogP contribution in [0.2, 0.25) is 0 Å². The Morgan fingerprint density at radius 2 is 1.89 bits per heavy atom. The first kappa shape index (κ1) is 16.6. The van der Waals surface area contributed by atoms with Gasteiger partial charge in [-0.15, -0.1) is 6.58 Å². The first-order valence-corrected chi connectivity index (χ1v) is 6.16. The Hall–Kier alpha value is -1.36. The molecule has 5 nitrogen and oxygen atoms in total. The van der Waals surface area contributed by atoms with E-state index in [0.717, 1.165) is 0 Å². The predicted molar refractivity (Wildman–Crippen MR) is 69.1 cm³/mol. The van der Waals surface area contributed by atoms with E-state index >= 15 is 0 Å². The molecular weight excluding hydrogens is 234 g/mol. The molecular formula is C13H23NO4. The van der Waals surface area contributed by atoms with E-state index in [2.05, 4.69) is 6.58 Å². The zero-order valence-electron chi connectivity index (χ0n) is 11.5. The van der Waals surface area contributed by atoms with Gasteiger partial charge in [0, 0.05) is 6.54 Å². The van der Waals surface area contributed by atoms with Crippen molar-refractivity contribution in [2.24, 2.45) is 5.92 Å². The zero-order chi connectivity index (χ0) is 14.0. The van der Waals surface area contributed by atoms with Gasteiger partial charge in [0.1, 0.15) is 0 Å². The van der Waals surface area contributed by atoms with Crippen LogP contribution in [0, 0.1) is 5.92 Å². The van der Waals surface area contributed by atoms with Gasteiger partial charge in [0.05, 0.1) is 25.7 Å². The Kier molecular flexibility index (Phi) is 8.92. The first-order chi connectivity index (χ1) is 8.54. The van der Waals surface area contributed by atoms with Gasteiger partial charge >= 0.3 is 11.9 Å². The number of likely N-dealkylation sites (N-methyl/N-ethyl adjacent to an activating group) is 1. The van der Waals surface area contributed by atoms with Crippen molar-refractivity contribution in [1.82, 2.24) is 4.90 Å². The summed E-state index contributed by atoms with van der Waals surface area (Å²) in [4.78, 5) is 24.7. The maximum atomic E-state index is 11.7. The van der Waals surface area contributed by atoms with E-state index in [1.807, 2.05) is 0 Å². The molecule has 1 atom stereocenters. The van der Waals surface area contributed by atoms with Crippen LogP contribution >= 0.6 is 0 Å². The van der Waals surface area contributed by atoms with Gasteiger partial charge in [-0.2, -0.15) is 0 Å². The number of carbonyl (C=O) groups excluding carboxylic acids is 2. The average Bonchev–Trinajstić information content (AvgIpc) is 2.28. The minimum absolute atomic E-state index is 0.168. The van der Waals surface area contributed by atoms with Crippen molar-refractivity contribution in [2.45, 2.75) is 20.3 Å². The standard InChI is InChI=1S/C13H23NO4/c1-5-8-11(13(16)18-7-3)9-14(4)10-12(15)17-6-2/h5,11H,1,6-10H2,2-4H3/t11-/m1/s1. The summed E-state index contributed by atoms with van der Waals surface area (Å²) < 4.78 is 9.83. The molecule has 0 aromatic carbocycles. The number of rotatable bonds is 9. The largest absolute Gasteiger partial charge is 0.466 e. The number of hydrogen-bond acceptors (Lipinski definition) is 5. The normalized spacial score (nSPS) is 12.0. The molecule has 0 saturated carbocycles. The fourth-order valence-electron chi connectivity index (χ4n) is 1.57. The highest BCUT2D eigenvalue weighted by Crippen LogP contribution is 2.08. The highest BCUT2D eigenvalue weighted by molar-refractivity contribution is 5.73. The summed E-state index contributed by atoms with van der Waals surface area (Å²) in [5, 5.41) is 0. The number of ether oxygens (including phenoxy) is 2. The molecule has 0 heterocycles. The Balaban J connectivity index is 4.26. The molecule has 0 bridgehead atoms. The lowest BCUT2D eigenvalue weighted by molar-refractivity contribution is -0.150. The summed E-state index contributed by atoms with van der Waals surface area (Å²) in [7, 11) is 1.77. The van der Waals surface area contributed by atoms with E-state index in [9.17, 15) is 9.59 Å². The third kappa shape index (κ3) is 7.06. The molecule has 0 aromatic heterocycles. The number of allylic oxidation sites excluding steroid dienone is 1. The second kappa shape index (κ2) is 9.65. The van der Waals surface area contributed by atoms with Gasteiger partial charge in [0.2, 0.25) is 0 Å². The lowest BCUT2D eigenvalue weighted by Crippen LogP contribution is -2.35. The summed E-state index contributed by atoms with van der Waals surface area (Å²) in [5.74, 6) is -0.837. The van der Waals surface area contributed by atoms with Crippen LogP contribution in [0.3, 0.4) is 0 Å². The molecule has 0 saturated heterocycles. The lowest BCUT2D eigenvalue weighted by atomic mass is 10.1. The van der Waals surface area contributed by atoms with Gasteiger partial charge in [0.15, 0.2) is 0 Å². The summed E-state index contributed by atoms with van der Waals surface area (Å²) in [6, 6.07) is 0. The van der Waals surface area contributed by atoms with Crippen molar-refractivity contribution < 1.29 is 19.1 Å². The molecule has 104 valence electrons. The van der Waals surface area contributed by atoms with Crippen molar-refractivity contribution in [3.05, 3.63) is 12.7 Å². The molecule has 0 radical (unpaired) electrons. The molecule has 5 heteroatoms. The fourth-order valence-corrected chi connectivity index (χ4v) is 1.57. The molecule has 0 spiro atoms. The summed E-state index contributed by atoms with van der Waals surface area (Å²) >= 11 is 0. The number of nitrogens with zero attached hydrogens (tertiary/aromatic N) is 1. The van der Waals surface area contributed by atoms with Gasteiger partial charge in [-0.3, -0.25) is 14.5 Å². The minimum Gasteiger partial charge on any atom is -0.466 e. The Labute approximate surface area is 109 Å². The molecule has 0 rings (SSSR count). The quantitative estimate of drug-likeness (QED) is 0.459. The zero-order valence-corrected chi connectivity index (χ0v) is 11.5. The van der Waals surface area contributed by atoms with Crippen LogP contribution in [0.15, 0.2) is 12.7 Å². The number of carbonyl (C=O) groups is 2. The third-order valence-corrected chi connectivity index (χ3v) is 2.31. The molecule has 0 N–H and O–H groups in total. The molecule has 0 aromatic rings. The highest BCUT2D eigenvalue weighted by atomic mass is 16.5. The molecule has 0 aliphatic carbocycles. The Morgan fingerprint density at radius 3 is 2.39 bits per heavy atom. The molecule has 0 amide bonds. The maximum absolute atomic E-state index is 11.7. The third-order valence-electron chi connectivity index (χ3n) is 2.31. The van der Waals surface area contributed by atoms with E-state index < -0.39 is 0 Å². The first-order valence-electron chi connectivity index (χ1n) is 6.16. The summed E-state index contributed by atoms with van der Waals surface area (Å²) in [5.41, 5.74) is 0. The van der Waals surface area contributed by atoms with Crippen LogP contribution in [0.25, 0.3) is 0 Å². The van der Waals surface area contributed by atoms with Gasteiger partial charge in [0.25, 0.3) is 0 Å². The van der Waals surface area contributed by atoms with Crippen LogP contribution < -0.4 is 0 Å². The van der Waals surface area contributed by atoms with Crippen LogP contribution in [-0.4, -0.2) is 50.2 Å². The van der Waals surface area contributed by atoms with E-state index in [4.69, 9.17) is 9.47 Å². The molecule has 0 unspecified atom stereocenters. The molecule has 0 aliphatic rings. The predicted octanol–water partition coefficient (Wildman–Crippen LogP) is 1.24. The van der Waals surface area contributed by atoms with Crippen LogP contribution in [0.1, 0.15) is 20.3 Å².